The molecule has 1 aromatic heterocycles. The standard InChI is InChI=1S/C22H24N2O3/c1-14(2)13-27-19-10-8-16(12-20(19)26-4)22(25)24-18-9-7-15(3)21-17(18)6-5-11-23-21/h5-12,14H,13H2,1-4H3,(H,24,25). The first-order chi connectivity index (χ1) is 13.0. The number of hydrogen-bond acceptors (Lipinski definition) is 4. The number of pyridine rings is 1. The van der Waals surface area contributed by atoms with Crippen molar-refractivity contribution in [2.24, 2.45) is 5.92 Å². The number of aryl methyl sites for hydroxylation is 1. The second-order valence-electron chi connectivity index (χ2n) is 6.85. The number of nitrogens with zero attached hydrogens (tertiary/aromatic N) is 1. The highest BCUT2D eigenvalue weighted by Crippen LogP contribution is 2.30. The number of rotatable bonds is 6. The van der Waals surface area contributed by atoms with Crippen molar-refractivity contribution in [1.82, 2.24) is 4.98 Å². The van der Waals surface area contributed by atoms with E-state index in [1.54, 1.807) is 31.5 Å². The van der Waals surface area contributed by atoms with E-state index in [4.69, 9.17) is 9.47 Å². The maximum Gasteiger partial charge on any atom is 0.255 e. The maximum absolute atomic E-state index is 12.8. The van der Waals surface area contributed by atoms with Crippen molar-refractivity contribution in [3.8, 4) is 11.5 Å². The molecular formula is C22H24N2O3. The van der Waals surface area contributed by atoms with E-state index in [1.807, 2.05) is 31.2 Å². The minimum atomic E-state index is -0.210. The van der Waals surface area contributed by atoms with E-state index in [0.717, 1.165) is 22.2 Å². The summed E-state index contributed by atoms with van der Waals surface area (Å²) in [4.78, 5) is 17.2. The zero-order valence-corrected chi connectivity index (χ0v) is 16.1. The lowest BCUT2D eigenvalue weighted by molar-refractivity contribution is 0.102. The Bertz CT molecular complexity index is 967. The van der Waals surface area contributed by atoms with Crippen LogP contribution < -0.4 is 14.8 Å². The van der Waals surface area contributed by atoms with Gasteiger partial charge >= 0.3 is 0 Å². The van der Waals surface area contributed by atoms with Crippen molar-refractivity contribution in [3.63, 3.8) is 0 Å². The first-order valence-corrected chi connectivity index (χ1v) is 8.96. The molecule has 1 amide bonds. The van der Waals surface area contributed by atoms with Gasteiger partial charge in [0, 0.05) is 17.1 Å². The van der Waals surface area contributed by atoms with Gasteiger partial charge in [-0.3, -0.25) is 9.78 Å². The van der Waals surface area contributed by atoms with Gasteiger partial charge in [-0.1, -0.05) is 19.9 Å². The minimum absolute atomic E-state index is 0.210. The summed E-state index contributed by atoms with van der Waals surface area (Å²) in [5, 5.41) is 3.89. The lowest BCUT2D eigenvalue weighted by atomic mass is 10.1. The quantitative estimate of drug-likeness (QED) is 0.680. The van der Waals surface area contributed by atoms with Crippen molar-refractivity contribution < 1.29 is 14.3 Å². The molecule has 140 valence electrons. The second-order valence-corrected chi connectivity index (χ2v) is 6.85. The van der Waals surface area contributed by atoms with Gasteiger partial charge in [-0.25, -0.2) is 0 Å². The molecule has 0 spiro atoms. The largest absolute Gasteiger partial charge is 0.493 e. The van der Waals surface area contributed by atoms with E-state index >= 15 is 0 Å². The molecule has 0 aliphatic carbocycles. The molecule has 3 aromatic rings. The van der Waals surface area contributed by atoms with Gasteiger partial charge in [0.05, 0.1) is 24.9 Å². The Hall–Kier alpha value is -3.08. The Labute approximate surface area is 159 Å². The zero-order chi connectivity index (χ0) is 19.4. The fourth-order valence-corrected chi connectivity index (χ4v) is 2.80. The SMILES string of the molecule is COc1cc(C(=O)Nc2ccc(C)c3ncccc23)ccc1OCC(C)C. The van der Waals surface area contributed by atoms with Gasteiger partial charge in [0.1, 0.15) is 0 Å². The van der Waals surface area contributed by atoms with Gasteiger partial charge in [0.15, 0.2) is 11.5 Å². The number of anilines is 1. The average Bonchev–Trinajstić information content (AvgIpc) is 2.68. The number of benzene rings is 2. The average molecular weight is 364 g/mol. The summed E-state index contributed by atoms with van der Waals surface area (Å²) >= 11 is 0. The number of amides is 1. The molecule has 5 nitrogen and oxygen atoms in total. The molecule has 1 heterocycles. The molecule has 5 heteroatoms. The lowest BCUT2D eigenvalue weighted by Gasteiger charge is -2.14. The van der Waals surface area contributed by atoms with E-state index in [-0.39, 0.29) is 5.91 Å². The highest BCUT2D eigenvalue weighted by Gasteiger charge is 2.13. The zero-order valence-electron chi connectivity index (χ0n) is 16.1. The van der Waals surface area contributed by atoms with Crippen LogP contribution in [-0.4, -0.2) is 24.6 Å². The number of fused-ring (bicyclic) bond motifs is 1. The molecule has 1 N–H and O–H groups in total. The Kier molecular flexibility index (Phi) is 5.60. The number of nitrogens with one attached hydrogen (secondary N) is 1. The number of aromatic nitrogens is 1. The van der Waals surface area contributed by atoms with Gasteiger partial charge in [0.2, 0.25) is 0 Å². The second kappa shape index (κ2) is 8.08. The van der Waals surface area contributed by atoms with Gasteiger partial charge in [-0.05, 0) is 54.8 Å². The molecule has 0 atom stereocenters. The minimum Gasteiger partial charge on any atom is -0.493 e. The monoisotopic (exact) mass is 364 g/mol. The van der Waals surface area contributed by atoms with Crippen LogP contribution in [0.15, 0.2) is 48.7 Å². The normalized spacial score (nSPS) is 10.9. The Morgan fingerprint density at radius 2 is 1.96 bits per heavy atom. The smallest absolute Gasteiger partial charge is 0.255 e. The summed E-state index contributed by atoms with van der Waals surface area (Å²) in [6, 6.07) is 12.9. The molecule has 0 unspecified atom stereocenters. The first-order valence-electron chi connectivity index (χ1n) is 8.96. The molecule has 0 fully saturated rings. The van der Waals surface area contributed by atoms with Crippen molar-refractivity contribution in [3.05, 3.63) is 59.8 Å². The summed E-state index contributed by atoms with van der Waals surface area (Å²) < 4.78 is 11.1. The molecular weight excluding hydrogens is 340 g/mol. The number of carbonyl (C=O) groups is 1. The van der Waals surface area contributed by atoms with Crippen molar-refractivity contribution >= 4 is 22.5 Å². The molecule has 3 rings (SSSR count). The third-order valence-electron chi connectivity index (χ3n) is 4.22. The summed E-state index contributed by atoms with van der Waals surface area (Å²) in [5.74, 6) is 1.37. The van der Waals surface area contributed by atoms with Crippen molar-refractivity contribution in [1.29, 1.82) is 0 Å². The molecule has 0 radical (unpaired) electrons. The van der Waals surface area contributed by atoms with Crippen LogP contribution in [0.2, 0.25) is 0 Å². The Morgan fingerprint density at radius 3 is 2.70 bits per heavy atom. The molecule has 0 saturated carbocycles. The van der Waals surface area contributed by atoms with Crippen LogP contribution in [0.4, 0.5) is 5.69 Å². The number of hydrogen-bond donors (Lipinski definition) is 1. The predicted octanol–water partition coefficient (Wildman–Crippen LogP) is 4.84. The van der Waals surface area contributed by atoms with Crippen LogP contribution in [0, 0.1) is 12.8 Å². The summed E-state index contributed by atoms with van der Waals surface area (Å²) in [6.07, 6.45) is 1.75. The van der Waals surface area contributed by atoms with Crippen LogP contribution in [0.3, 0.4) is 0 Å². The van der Waals surface area contributed by atoms with E-state index in [2.05, 4.69) is 24.1 Å². The van der Waals surface area contributed by atoms with Crippen LogP contribution in [0.5, 0.6) is 11.5 Å². The Morgan fingerprint density at radius 1 is 1.15 bits per heavy atom. The van der Waals surface area contributed by atoms with E-state index < -0.39 is 0 Å². The Balaban J connectivity index is 1.85. The van der Waals surface area contributed by atoms with E-state index in [1.165, 1.54) is 0 Å². The lowest BCUT2D eigenvalue weighted by Crippen LogP contribution is -2.13. The van der Waals surface area contributed by atoms with Crippen molar-refractivity contribution in [2.45, 2.75) is 20.8 Å². The molecule has 2 aromatic carbocycles. The molecule has 27 heavy (non-hydrogen) atoms. The van der Waals surface area contributed by atoms with E-state index in [9.17, 15) is 4.79 Å². The van der Waals surface area contributed by atoms with Gasteiger partial charge < -0.3 is 14.8 Å². The molecule has 0 aliphatic heterocycles. The van der Waals surface area contributed by atoms with E-state index in [0.29, 0.717) is 29.6 Å². The van der Waals surface area contributed by atoms with Gasteiger partial charge in [0.25, 0.3) is 5.91 Å². The molecule has 0 aliphatic rings. The fraction of sp³-hybridized carbons (Fsp3) is 0.273. The fourth-order valence-electron chi connectivity index (χ4n) is 2.80. The van der Waals surface area contributed by atoms with Crippen LogP contribution >= 0.6 is 0 Å². The number of carbonyl (C=O) groups excluding carboxylic acids is 1. The summed E-state index contributed by atoms with van der Waals surface area (Å²) in [7, 11) is 1.57. The predicted molar refractivity (Wildman–Crippen MR) is 108 cm³/mol. The highest BCUT2D eigenvalue weighted by atomic mass is 16.5. The number of methoxy groups -OCH3 is 1. The van der Waals surface area contributed by atoms with Gasteiger partial charge in [-0.2, -0.15) is 0 Å². The third-order valence-corrected chi connectivity index (χ3v) is 4.22. The summed E-state index contributed by atoms with van der Waals surface area (Å²) in [5.41, 5.74) is 3.18. The van der Waals surface area contributed by atoms with Crippen LogP contribution in [0.25, 0.3) is 10.9 Å². The topological polar surface area (TPSA) is 60.5 Å². The van der Waals surface area contributed by atoms with Crippen molar-refractivity contribution in [2.75, 3.05) is 19.0 Å². The maximum atomic E-state index is 12.8. The number of ether oxygens (including phenoxy) is 2. The third kappa shape index (κ3) is 4.19. The molecule has 0 saturated heterocycles. The first kappa shape index (κ1) is 18.7. The van der Waals surface area contributed by atoms with Gasteiger partial charge in [-0.15, -0.1) is 0 Å². The highest BCUT2D eigenvalue weighted by molar-refractivity contribution is 6.09. The summed E-state index contributed by atoms with van der Waals surface area (Å²) in [6.45, 7) is 6.75. The van der Waals surface area contributed by atoms with Crippen LogP contribution in [0.1, 0.15) is 29.8 Å². The molecule has 0 bridgehead atoms. The van der Waals surface area contributed by atoms with Crippen LogP contribution in [-0.2, 0) is 0 Å².